The summed E-state index contributed by atoms with van der Waals surface area (Å²) >= 11 is 6.27. The van der Waals surface area contributed by atoms with Crippen LogP contribution in [0.4, 0.5) is 4.39 Å². The van der Waals surface area contributed by atoms with Crippen LogP contribution >= 0.6 is 11.6 Å². The van der Waals surface area contributed by atoms with Gasteiger partial charge in [-0.15, -0.1) is 0 Å². The molecular weight excluding hydrogens is 435 g/mol. The summed E-state index contributed by atoms with van der Waals surface area (Å²) in [4.78, 5) is 14.6. The molecule has 1 saturated heterocycles. The second-order valence-electron chi connectivity index (χ2n) is 6.99. The van der Waals surface area contributed by atoms with Gasteiger partial charge in [-0.2, -0.15) is 4.31 Å². The summed E-state index contributed by atoms with van der Waals surface area (Å²) in [6.45, 7) is 1.70. The van der Waals surface area contributed by atoms with Gasteiger partial charge in [0.25, 0.3) is 5.91 Å². The molecule has 2 aliphatic rings. The lowest BCUT2D eigenvalue weighted by Crippen LogP contribution is -2.50. The van der Waals surface area contributed by atoms with Gasteiger partial charge in [0.1, 0.15) is 5.82 Å². The molecule has 0 unspecified atom stereocenters. The van der Waals surface area contributed by atoms with Crippen LogP contribution < -0.4 is 9.47 Å². The van der Waals surface area contributed by atoms with Crippen LogP contribution in [0.25, 0.3) is 0 Å². The molecule has 2 aromatic carbocycles. The molecule has 10 heteroatoms. The van der Waals surface area contributed by atoms with Gasteiger partial charge >= 0.3 is 0 Å². The van der Waals surface area contributed by atoms with Crippen LogP contribution in [0.2, 0.25) is 5.02 Å². The molecule has 0 aliphatic carbocycles. The van der Waals surface area contributed by atoms with Gasteiger partial charge < -0.3 is 14.4 Å². The van der Waals surface area contributed by atoms with E-state index < -0.39 is 15.8 Å². The fourth-order valence-electron chi connectivity index (χ4n) is 3.42. The number of hydrogen-bond acceptors (Lipinski definition) is 5. The molecular formula is C20H20ClFN2O5S. The fourth-order valence-corrected chi connectivity index (χ4v) is 5.11. The van der Waals surface area contributed by atoms with Gasteiger partial charge in [0.2, 0.25) is 10.0 Å². The first-order valence-electron chi connectivity index (χ1n) is 9.50. The maximum atomic E-state index is 13.1. The molecule has 2 aromatic rings. The van der Waals surface area contributed by atoms with Crippen molar-refractivity contribution in [3.05, 3.63) is 52.8 Å². The molecule has 4 rings (SSSR count). The number of piperazine rings is 1. The molecule has 2 heterocycles. The van der Waals surface area contributed by atoms with E-state index >= 15 is 0 Å². The zero-order valence-corrected chi connectivity index (χ0v) is 17.6. The molecule has 0 N–H and O–H groups in total. The molecule has 0 radical (unpaired) electrons. The average Bonchev–Trinajstić information content (AvgIpc) is 2.99. The molecule has 0 aromatic heterocycles. The second kappa shape index (κ2) is 8.41. The van der Waals surface area contributed by atoms with E-state index in [2.05, 4.69) is 0 Å². The minimum Gasteiger partial charge on any atom is -0.489 e. The van der Waals surface area contributed by atoms with Crippen molar-refractivity contribution >= 4 is 27.5 Å². The second-order valence-corrected chi connectivity index (χ2v) is 9.33. The van der Waals surface area contributed by atoms with Crippen LogP contribution in [0, 0.1) is 5.82 Å². The molecule has 160 valence electrons. The Morgan fingerprint density at radius 2 is 1.67 bits per heavy atom. The predicted molar refractivity (Wildman–Crippen MR) is 108 cm³/mol. The third kappa shape index (κ3) is 4.10. The van der Waals surface area contributed by atoms with E-state index in [9.17, 15) is 17.6 Å². The maximum absolute atomic E-state index is 13.1. The first-order valence-corrected chi connectivity index (χ1v) is 11.3. The van der Waals surface area contributed by atoms with Crippen LogP contribution in [0.15, 0.2) is 41.3 Å². The monoisotopic (exact) mass is 454 g/mol. The van der Waals surface area contributed by atoms with Crippen molar-refractivity contribution in [2.75, 3.05) is 39.4 Å². The Morgan fingerprint density at radius 1 is 1.00 bits per heavy atom. The van der Waals surface area contributed by atoms with Crippen LogP contribution in [-0.4, -0.2) is 62.9 Å². The van der Waals surface area contributed by atoms with Crippen molar-refractivity contribution in [2.45, 2.75) is 11.3 Å². The van der Waals surface area contributed by atoms with E-state index in [0.717, 1.165) is 18.6 Å². The standard InChI is InChI=1S/C20H20ClFN2O5S/c21-17-12-14(13-18-19(17)29-11-1-10-28-18)20(25)23-6-8-24(9-7-23)30(26,27)16-4-2-15(22)3-5-16/h2-5,12-13H,1,6-11H2. The van der Waals surface area contributed by atoms with Crippen LogP contribution in [0.3, 0.4) is 0 Å². The summed E-state index contributed by atoms with van der Waals surface area (Å²) in [7, 11) is -3.74. The number of fused-ring (bicyclic) bond motifs is 1. The Kier molecular flexibility index (Phi) is 5.86. The van der Waals surface area contributed by atoms with Gasteiger partial charge in [0.05, 0.1) is 23.1 Å². The van der Waals surface area contributed by atoms with E-state index in [1.165, 1.54) is 16.4 Å². The van der Waals surface area contributed by atoms with E-state index in [4.69, 9.17) is 21.1 Å². The van der Waals surface area contributed by atoms with Crippen molar-refractivity contribution in [2.24, 2.45) is 0 Å². The Morgan fingerprint density at radius 3 is 2.37 bits per heavy atom. The highest BCUT2D eigenvalue weighted by Crippen LogP contribution is 2.38. The predicted octanol–water partition coefficient (Wildman–Crippen LogP) is 2.79. The Labute approximate surface area is 179 Å². The number of amides is 1. The number of hydrogen-bond donors (Lipinski definition) is 0. The Balaban J connectivity index is 1.46. The zero-order chi connectivity index (χ0) is 21.3. The highest BCUT2D eigenvalue weighted by atomic mass is 35.5. The summed E-state index contributed by atoms with van der Waals surface area (Å²) in [5.74, 6) is 0.103. The van der Waals surface area contributed by atoms with Crippen LogP contribution in [0.1, 0.15) is 16.8 Å². The molecule has 1 amide bonds. The van der Waals surface area contributed by atoms with Crippen LogP contribution in [-0.2, 0) is 10.0 Å². The zero-order valence-electron chi connectivity index (χ0n) is 16.0. The average molecular weight is 455 g/mol. The normalized spacial score (nSPS) is 17.5. The van der Waals surface area contributed by atoms with Gasteiger partial charge in [-0.25, -0.2) is 12.8 Å². The van der Waals surface area contributed by atoms with E-state index in [1.807, 2.05) is 0 Å². The number of sulfonamides is 1. The topological polar surface area (TPSA) is 76.2 Å². The van der Waals surface area contributed by atoms with Gasteiger partial charge in [-0.3, -0.25) is 4.79 Å². The smallest absolute Gasteiger partial charge is 0.254 e. The minimum absolute atomic E-state index is 0.0263. The first-order chi connectivity index (χ1) is 14.4. The number of benzene rings is 2. The lowest BCUT2D eigenvalue weighted by Gasteiger charge is -2.34. The summed E-state index contributed by atoms with van der Waals surface area (Å²) in [5, 5.41) is 0.301. The molecule has 2 aliphatic heterocycles. The SMILES string of the molecule is O=C(c1cc(Cl)c2c(c1)OCCCO2)N1CCN(S(=O)(=O)c2ccc(F)cc2)CC1. The van der Waals surface area contributed by atoms with Crippen molar-refractivity contribution in [3.63, 3.8) is 0 Å². The van der Waals surface area contributed by atoms with Crippen molar-refractivity contribution < 1.29 is 27.1 Å². The first kappa shape index (κ1) is 20.9. The van der Waals surface area contributed by atoms with Crippen LogP contribution in [0.5, 0.6) is 11.5 Å². The number of carbonyl (C=O) groups excluding carboxylic acids is 1. The summed E-state index contributed by atoms with van der Waals surface area (Å²) < 4.78 is 51.1. The molecule has 0 atom stereocenters. The lowest BCUT2D eigenvalue weighted by atomic mass is 10.1. The Hall–Kier alpha value is -2.36. The molecule has 0 saturated carbocycles. The fraction of sp³-hybridized carbons (Fsp3) is 0.350. The van der Waals surface area contributed by atoms with Crippen molar-refractivity contribution in [3.8, 4) is 11.5 Å². The number of carbonyl (C=O) groups is 1. The number of ether oxygens (including phenoxy) is 2. The third-order valence-corrected chi connectivity index (χ3v) is 7.22. The van der Waals surface area contributed by atoms with Gasteiger partial charge in [-0.05, 0) is 36.4 Å². The van der Waals surface area contributed by atoms with Crippen molar-refractivity contribution in [1.29, 1.82) is 0 Å². The van der Waals surface area contributed by atoms with Crippen molar-refractivity contribution in [1.82, 2.24) is 9.21 Å². The van der Waals surface area contributed by atoms with E-state index in [0.29, 0.717) is 35.3 Å². The molecule has 7 nitrogen and oxygen atoms in total. The van der Waals surface area contributed by atoms with Gasteiger partial charge in [0, 0.05) is 38.2 Å². The summed E-state index contributed by atoms with van der Waals surface area (Å²) in [6.07, 6.45) is 0.721. The van der Waals surface area contributed by atoms with Gasteiger partial charge in [-0.1, -0.05) is 11.6 Å². The summed E-state index contributed by atoms with van der Waals surface area (Å²) in [6, 6.07) is 7.85. The lowest BCUT2D eigenvalue weighted by molar-refractivity contribution is 0.0697. The summed E-state index contributed by atoms with van der Waals surface area (Å²) in [5.41, 5.74) is 0.360. The molecule has 30 heavy (non-hydrogen) atoms. The quantitative estimate of drug-likeness (QED) is 0.712. The number of rotatable bonds is 3. The largest absolute Gasteiger partial charge is 0.489 e. The van der Waals surface area contributed by atoms with E-state index in [-0.39, 0.29) is 37.0 Å². The van der Waals surface area contributed by atoms with E-state index in [1.54, 1.807) is 17.0 Å². The van der Waals surface area contributed by atoms with Gasteiger partial charge in [0.15, 0.2) is 11.5 Å². The number of nitrogens with zero attached hydrogens (tertiary/aromatic N) is 2. The third-order valence-electron chi connectivity index (χ3n) is 5.03. The molecule has 1 fully saturated rings. The number of halogens is 2. The Bertz CT molecular complexity index is 1050. The minimum atomic E-state index is -3.74. The maximum Gasteiger partial charge on any atom is 0.254 e. The molecule has 0 bridgehead atoms. The highest BCUT2D eigenvalue weighted by molar-refractivity contribution is 7.89. The highest BCUT2D eigenvalue weighted by Gasteiger charge is 2.31. The molecule has 0 spiro atoms.